The van der Waals surface area contributed by atoms with Crippen LogP contribution in [0.2, 0.25) is 0 Å². The average molecular weight is 490 g/mol. The predicted octanol–water partition coefficient (Wildman–Crippen LogP) is 4.50. The van der Waals surface area contributed by atoms with Gasteiger partial charge in [0.25, 0.3) is 0 Å². The molecule has 0 bridgehead atoms. The van der Waals surface area contributed by atoms with Crippen LogP contribution in [0.4, 0.5) is 16.2 Å². The molecule has 0 spiro atoms. The Morgan fingerprint density at radius 2 is 1.61 bits per heavy atom. The van der Waals surface area contributed by atoms with E-state index in [0.717, 1.165) is 28.9 Å². The summed E-state index contributed by atoms with van der Waals surface area (Å²) < 4.78 is 6.48. The lowest BCUT2D eigenvalue weighted by Gasteiger charge is -2.37. The lowest BCUT2D eigenvalue weighted by atomic mass is 10.2. The van der Waals surface area contributed by atoms with Gasteiger partial charge >= 0.3 is 6.09 Å². The molecular formula is C24H32BrN3O3. The van der Waals surface area contributed by atoms with Crippen LogP contribution in [0.1, 0.15) is 20.8 Å². The molecule has 0 aromatic heterocycles. The van der Waals surface area contributed by atoms with Gasteiger partial charge in [-0.1, -0.05) is 34.1 Å². The van der Waals surface area contributed by atoms with Crippen molar-refractivity contribution in [3.8, 4) is 0 Å². The Morgan fingerprint density at radius 1 is 1.03 bits per heavy atom. The molecule has 0 aliphatic carbocycles. The number of carbonyl (C=O) groups excluding carboxylic acids is 1. The van der Waals surface area contributed by atoms with Crippen LogP contribution in [-0.2, 0) is 4.74 Å². The van der Waals surface area contributed by atoms with Crippen LogP contribution in [0.15, 0.2) is 59.1 Å². The van der Waals surface area contributed by atoms with Gasteiger partial charge in [0.1, 0.15) is 5.60 Å². The van der Waals surface area contributed by atoms with Crippen LogP contribution in [0, 0.1) is 0 Å². The van der Waals surface area contributed by atoms with E-state index in [9.17, 15) is 9.90 Å². The van der Waals surface area contributed by atoms with E-state index >= 15 is 0 Å². The topological polar surface area (TPSA) is 56.3 Å². The number of hydrogen-bond donors (Lipinski definition) is 1. The summed E-state index contributed by atoms with van der Waals surface area (Å²) in [5.74, 6) is 0. The summed E-state index contributed by atoms with van der Waals surface area (Å²) in [6.07, 6.45) is -0.796. The summed E-state index contributed by atoms with van der Waals surface area (Å²) in [7, 11) is 0. The molecule has 7 heteroatoms. The quantitative estimate of drug-likeness (QED) is 0.647. The summed E-state index contributed by atoms with van der Waals surface area (Å²) >= 11 is 3.49. The summed E-state index contributed by atoms with van der Waals surface area (Å²) in [6.45, 7) is 9.33. The first-order chi connectivity index (χ1) is 14.7. The average Bonchev–Trinajstić information content (AvgIpc) is 2.73. The minimum atomic E-state index is -0.531. The highest BCUT2D eigenvalue weighted by Gasteiger charge is 2.27. The number of piperazine rings is 1. The molecule has 0 radical (unpaired) electrons. The third-order valence-electron chi connectivity index (χ3n) is 5.09. The molecule has 1 heterocycles. The SMILES string of the molecule is CC(C)(C)OC(=O)N1CCN(C[C@H](O)CN(c2ccccc2)c2ccc(Br)cc2)CC1. The molecule has 3 rings (SSSR count). The highest BCUT2D eigenvalue weighted by molar-refractivity contribution is 9.10. The van der Waals surface area contributed by atoms with E-state index in [0.29, 0.717) is 26.2 Å². The van der Waals surface area contributed by atoms with Crippen molar-refractivity contribution in [2.24, 2.45) is 0 Å². The van der Waals surface area contributed by atoms with Crippen molar-refractivity contribution in [3.05, 3.63) is 59.1 Å². The molecule has 1 fully saturated rings. The van der Waals surface area contributed by atoms with Gasteiger partial charge in [0, 0.05) is 48.6 Å². The zero-order valence-electron chi connectivity index (χ0n) is 18.5. The van der Waals surface area contributed by atoms with Crippen LogP contribution in [-0.4, -0.2) is 72.0 Å². The van der Waals surface area contributed by atoms with E-state index in [-0.39, 0.29) is 6.09 Å². The molecular weight excluding hydrogens is 458 g/mol. The van der Waals surface area contributed by atoms with Gasteiger partial charge in [0.2, 0.25) is 0 Å². The predicted molar refractivity (Wildman–Crippen MR) is 128 cm³/mol. The molecule has 1 saturated heterocycles. The second kappa shape index (κ2) is 10.5. The largest absolute Gasteiger partial charge is 0.444 e. The standard InChI is InChI=1S/C24H32BrN3O3/c1-24(2,3)31-23(30)27-15-13-26(14-16-27)17-22(29)18-28(20-7-5-4-6-8-20)21-11-9-19(25)10-12-21/h4-12,22,29H,13-18H2,1-3H3/t22-/m0/s1. The third kappa shape index (κ3) is 7.23. The van der Waals surface area contributed by atoms with Gasteiger partial charge in [-0.05, 0) is 57.2 Å². The van der Waals surface area contributed by atoms with Gasteiger partial charge in [-0.15, -0.1) is 0 Å². The zero-order valence-corrected chi connectivity index (χ0v) is 20.1. The molecule has 1 amide bonds. The van der Waals surface area contributed by atoms with Crippen molar-refractivity contribution in [2.75, 3.05) is 44.2 Å². The monoisotopic (exact) mass is 489 g/mol. The van der Waals surface area contributed by atoms with E-state index < -0.39 is 11.7 Å². The van der Waals surface area contributed by atoms with E-state index in [2.05, 4.69) is 25.7 Å². The summed E-state index contributed by atoms with van der Waals surface area (Å²) in [5.41, 5.74) is 1.58. The Morgan fingerprint density at radius 3 is 2.19 bits per heavy atom. The summed E-state index contributed by atoms with van der Waals surface area (Å²) in [5, 5.41) is 10.9. The first-order valence-corrected chi connectivity index (χ1v) is 11.5. The molecule has 1 atom stereocenters. The van der Waals surface area contributed by atoms with Crippen LogP contribution in [0.25, 0.3) is 0 Å². The Balaban J connectivity index is 1.57. The van der Waals surface area contributed by atoms with Crippen molar-refractivity contribution in [1.82, 2.24) is 9.80 Å². The lowest BCUT2D eigenvalue weighted by Crippen LogP contribution is -2.52. The fraction of sp³-hybridized carbons (Fsp3) is 0.458. The normalized spacial score (nSPS) is 16.1. The van der Waals surface area contributed by atoms with Crippen LogP contribution >= 0.6 is 15.9 Å². The molecule has 1 N–H and O–H groups in total. The summed E-state index contributed by atoms with van der Waals surface area (Å²) in [6, 6.07) is 18.2. The smallest absolute Gasteiger partial charge is 0.410 e. The van der Waals surface area contributed by atoms with Gasteiger partial charge in [-0.3, -0.25) is 4.90 Å². The fourth-order valence-electron chi connectivity index (χ4n) is 3.59. The number of rotatable bonds is 6. The molecule has 1 aliphatic rings. The van der Waals surface area contributed by atoms with E-state index in [1.165, 1.54) is 0 Å². The molecule has 2 aromatic carbocycles. The molecule has 6 nitrogen and oxygen atoms in total. The number of aliphatic hydroxyl groups excluding tert-OH is 1. The number of benzene rings is 2. The number of ether oxygens (including phenoxy) is 1. The Bertz CT molecular complexity index is 831. The maximum Gasteiger partial charge on any atom is 0.410 e. The number of aliphatic hydroxyl groups is 1. The maximum absolute atomic E-state index is 12.3. The zero-order chi connectivity index (χ0) is 22.4. The molecule has 0 unspecified atom stereocenters. The number of carbonyl (C=O) groups is 1. The van der Waals surface area contributed by atoms with Crippen molar-refractivity contribution >= 4 is 33.4 Å². The van der Waals surface area contributed by atoms with Crippen molar-refractivity contribution in [3.63, 3.8) is 0 Å². The first-order valence-electron chi connectivity index (χ1n) is 10.7. The number of anilines is 2. The number of hydrogen-bond acceptors (Lipinski definition) is 5. The second-order valence-electron chi connectivity index (χ2n) is 8.84. The molecule has 31 heavy (non-hydrogen) atoms. The summed E-state index contributed by atoms with van der Waals surface area (Å²) in [4.78, 5) is 18.3. The van der Waals surface area contributed by atoms with E-state index in [1.54, 1.807) is 4.90 Å². The minimum absolute atomic E-state index is 0.266. The first kappa shape index (κ1) is 23.6. The molecule has 2 aromatic rings. The number of amides is 1. The maximum atomic E-state index is 12.3. The van der Waals surface area contributed by atoms with Gasteiger partial charge < -0.3 is 19.6 Å². The van der Waals surface area contributed by atoms with Crippen LogP contribution < -0.4 is 4.90 Å². The fourth-order valence-corrected chi connectivity index (χ4v) is 3.86. The number of nitrogens with zero attached hydrogens (tertiary/aromatic N) is 3. The second-order valence-corrected chi connectivity index (χ2v) is 9.76. The van der Waals surface area contributed by atoms with Crippen LogP contribution in [0.5, 0.6) is 0 Å². The highest BCUT2D eigenvalue weighted by Crippen LogP contribution is 2.27. The van der Waals surface area contributed by atoms with E-state index in [1.807, 2.05) is 75.4 Å². The Kier molecular flexibility index (Phi) is 7.97. The molecule has 168 valence electrons. The Labute approximate surface area is 193 Å². The van der Waals surface area contributed by atoms with Crippen molar-refractivity contribution in [2.45, 2.75) is 32.5 Å². The van der Waals surface area contributed by atoms with Crippen molar-refractivity contribution in [1.29, 1.82) is 0 Å². The lowest BCUT2D eigenvalue weighted by molar-refractivity contribution is 0.0106. The van der Waals surface area contributed by atoms with Gasteiger partial charge in [-0.25, -0.2) is 4.79 Å². The van der Waals surface area contributed by atoms with Crippen LogP contribution in [0.3, 0.4) is 0 Å². The van der Waals surface area contributed by atoms with E-state index in [4.69, 9.17) is 4.74 Å². The molecule has 1 aliphatic heterocycles. The minimum Gasteiger partial charge on any atom is -0.444 e. The third-order valence-corrected chi connectivity index (χ3v) is 5.62. The number of para-hydroxylation sites is 1. The van der Waals surface area contributed by atoms with Crippen molar-refractivity contribution < 1.29 is 14.6 Å². The van der Waals surface area contributed by atoms with Gasteiger partial charge in [0.05, 0.1) is 12.6 Å². The number of halogens is 1. The number of β-amino-alcohol motifs (C(OH)–C–C–N with tert-alkyl or cyclic N) is 1. The van der Waals surface area contributed by atoms with Gasteiger partial charge in [0.15, 0.2) is 0 Å². The van der Waals surface area contributed by atoms with Gasteiger partial charge in [-0.2, -0.15) is 0 Å². The highest BCUT2D eigenvalue weighted by atomic mass is 79.9. The Hall–Kier alpha value is -2.09. The molecule has 0 saturated carbocycles.